The van der Waals surface area contributed by atoms with Gasteiger partial charge < -0.3 is 15.2 Å². The lowest BCUT2D eigenvalue weighted by Crippen LogP contribution is -2.31. The Kier molecular flexibility index (Phi) is 6.07. The maximum Gasteiger partial charge on any atom is 0.218 e. The molecule has 0 aromatic carbocycles. The number of hydrogen-bond acceptors (Lipinski definition) is 6. The summed E-state index contributed by atoms with van der Waals surface area (Å²) in [7, 11) is 0. The molecule has 0 bridgehead atoms. The molecule has 1 heterocycles. The van der Waals surface area contributed by atoms with Gasteiger partial charge in [-0.05, 0) is 20.1 Å². The van der Waals surface area contributed by atoms with Gasteiger partial charge in [0.05, 0.1) is 13.2 Å². The van der Waals surface area contributed by atoms with E-state index >= 15 is 0 Å². The Morgan fingerprint density at radius 2 is 2.29 bits per heavy atom. The van der Waals surface area contributed by atoms with Crippen molar-refractivity contribution in [3.05, 3.63) is 12.4 Å². The van der Waals surface area contributed by atoms with Crippen LogP contribution in [0.15, 0.2) is 12.4 Å². The van der Waals surface area contributed by atoms with E-state index < -0.39 is 0 Å². The van der Waals surface area contributed by atoms with Gasteiger partial charge in [-0.25, -0.2) is 9.97 Å². The highest BCUT2D eigenvalue weighted by molar-refractivity contribution is 7.99. The third-order valence-corrected chi connectivity index (χ3v) is 3.51. The van der Waals surface area contributed by atoms with Crippen molar-refractivity contribution in [1.82, 2.24) is 9.97 Å². The Bertz CT molecular complexity index is 334. The number of aliphatic hydroxyl groups excluding tert-OH is 1. The third kappa shape index (κ3) is 4.40. The summed E-state index contributed by atoms with van der Waals surface area (Å²) in [6.45, 7) is 4.64. The molecule has 0 aliphatic carbocycles. The van der Waals surface area contributed by atoms with E-state index in [2.05, 4.69) is 15.3 Å². The molecule has 0 spiro atoms. The largest absolute Gasteiger partial charge is 0.478 e. The van der Waals surface area contributed by atoms with Gasteiger partial charge in [-0.1, -0.05) is 0 Å². The molecule has 0 saturated heterocycles. The first kappa shape index (κ1) is 14.1. The molecule has 2 N–H and O–H groups in total. The van der Waals surface area contributed by atoms with Gasteiger partial charge in [0.15, 0.2) is 0 Å². The second-order valence-electron chi connectivity index (χ2n) is 3.56. The number of nitrogens with zero attached hydrogens (tertiary/aromatic N) is 2. The lowest BCUT2D eigenvalue weighted by Gasteiger charge is -2.21. The Labute approximate surface area is 106 Å². The smallest absolute Gasteiger partial charge is 0.218 e. The summed E-state index contributed by atoms with van der Waals surface area (Å²) >= 11 is 1.62. The first-order valence-electron chi connectivity index (χ1n) is 5.56. The molecular weight excluding hydrogens is 238 g/mol. The average Bonchev–Trinajstić information content (AvgIpc) is 2.31. The molecule has 1 aromatic heterocycles. The molecule has 1 rings (SSSR count). The molecule has 0 aliphatic rings. The summed E-state index contributed by atoms with van der Waals surface area (Å²) < 4.78 is 5.30. The van der Waals surface area contributed by atoms with Crippen LogP contribution < -0.4 is 10.1 Å². The van der Waals surface area contributed by atoms with Crippen LogP contribution >= 0.6 is 11.8 Å². The van der Waals surface area contributed by atoms with Crippen LogP contribution in [0.3, 0.4) is 0 Å². The first-order valence-corrected chi connectivity index (χ1v) is 6.85. The molecule has 17 heavy (non-hydrogen) atoms. The summed E-state index contributed by atoms with van der Waals surface area (Å²) in [5.41, 5.74) is 0. The van der Waals surface area contributed by atoms with E-state index in [1.807, 2.05) is 20.1 Å². The Morgan fingerprint density at radius 3 is 2.88 bits per heavy atom. The van der Waals surface area contributed by atoms with E-state index in [-0.39, 0.29) is 17.9 Å². The van der Waals surface area contributed by atoms with Gasteiger partial charge in [0.25, 0.3) is 0 Å². The van der Waals surface area contributed by atoms with Crippen LogP contribution in [0.1, 0.15) is 13.8 Å². The Hall–Kier alpha value is -1.01. The lowest BCUT2D eigenvalue weighted by atomic mass is 10.2. The second kappa shape index (κ2) is 7.34. The molecule has 96 valence electrons. The van der Waals surface area contributed by atoms with E-state index in [0.717, 1.165) is 0 Å². The Morgan fingerprint density at radius 1 is 1.53 bits per heavy atom. The van der Waals surface area contributed by atoms with Gasteiger partial charge in [0.1, 0.15) is 12.1 Å². The molecule has 5 nitrogen and oxygen atoms in total. The van der Waals surface area contributed by atoms with Crippen molar-refractivity contribution in [3.63, 3.8) is 0 Å². The zero-order valence-corrected chi connectivity index (χ0v) is 11.2. The van der Waals surface area contributed by atoms with Crippen LogP contribution in [0.2, 0.25) is 0 Å². The lowest BCUT2D eigenvalue weighted by molar-refractivity contribution is 0.288. The van der Waals surface area contributed by atoms with Gasteiger partial charge in [0.2, 0.25) is 5.88 Å². The maximum atomic E-state index is 9.19. The number of anilines is 1. The Balaban J connectivity index is 2.63. The van der Waals surface area contributed by atoms with Gasteiger partial charge >= 0.3 is 0 Å². The first-order chi connectivity index (χ1) is 8.21. The summed E-state index contributed by atoms with van der Waals surface area (Å²) in [6.07, 6.45) is 3.44. The molecule has 6 heteroatoms. The number of nitrogens with one attached hydrogen (secondary N) is 1. The molecule has 2 unspecified atom stereocenters. The van der Waals surface area contributed by atoms with E-state index in [9.17, 15) is 5.11 Å². The van der Waals surface area contributed by atoms with Crippen molar-refractivity contribution >= 4 is 17.6 Å². The molecule has 0 saturated carbocycles. The van der Waals surface area contributed by atoms with Crippen LogP contribution in [0.25, 0.3) is 0 Å². The van der Waals surface area contributed by atoms with Crippen LogP contribution in [0, 0.1) is 0 Å². The van der Waals surface area contributed by atoms with E-state index in [1.54, 1.807) is 17.8 Å². The second-order valence-corrected chi connectivity index (χ2v) is 4.64. The number of thioether (sulfide) groups is 1. The van der Waals surface area contributed by atoms with Crippen LogP contribution in [0.4, 0.5) is 5.82 Å². The monoisotopic (exact) mass is 257 g/mol. The van der Waals surface area contributed by atoms with Crippen molar-refractivity contribution in [2.75, 3.05) is 24.8 Å². The molecule has 0 radical (unpaired) electrons. The molecule has 0 aliphatic heterocycles. The van der Waals surface area contributed by atoms with Crippen LogP contribution in [0.5, 0.6) is 5.88 Å². The minimum atomic E-state index is 0.124. The molecule has 2 atom stereocenters. The highest BCUT2D eigenvalue weighted by Crippen LogP contribution is 2.16. The predicted octanol–water partition coefficient (Wildman–Crippen LogP) is 1.40. The summed E-state index contributed by atoms with van der Waals surface area (Å²) in [5.74, 6) is 1.27. The predicted molar refractivity (Wildman–Crippen MR) is 70.7 cm³/mol. The van der Waals surface area contributed by atoms with Crippen LogP contribution in [-0.4, -0.2) is 45.8 Å². The SMILES string of the molecule is CCOc1cc(NC(C)C(CO)SC)ncn1. The average molecular weight is 257 g/mol. The number of aliphatic hydroxyl groups is 1. The van der Waals surface area contributed by atoms with Crippen molar-refractivity contribution < 1.29 is 9.84 Å². The van der Waals surface area contributed by atoms with Crippen molar-refractivity contribution in [2.45, 2.75) is 25.1 Å². The number of rotatable bonds is 7. The summed E-state index contributed by atoms with van der Waals surface area (Å²) in [4.78, 5) is 8.11. The van der Waals surface area contributed by atoms with Crippen LogP contribution in [-0.2, 0) is 0 Å². The quantitative estimate of drug-likeness (QED) is 0.769. The van der Waals surface area contributed by atoms with Crippen molar-refractivity contribution in [1.29, 1.82) is 0 Å². The molecule has 0 fully saturated rings. The van der Waals surface area contributed by atoms with Crippen molar-refractivity contribution in [3.8, 4) is 5.88 Å². The fourth-order valence-electron chi connectivity index (χ4n) is 1.41. The highest BCUT2D eigenvalue weighted by Gasteiger charge is 2.15. The van der Waals surface area contributed by atoms with Gasteiger partial charge in [-0.3, -0.25) is 0 Å². The van der Waals surface area contributed by atoms with Gasteiger partial charge in [-0.2, -0.15) is 11.8 Å². The number of aromatic nitrogens is 2. The minimum Gasteiger partial charge on any atom is -0.478 e. The van der Waals surface area contributed by atoms with Gasteiger partial charge in [-0.15, -0.1) is 0 Å². The topological polar surface area (TPSA) is 67.3 Å². The fourth-order valence-corrected chi connectivity index (χ4v) is 2.03. The number of ether oxygens (including phenoxy) is 1. The zero-order chi connectivity index (χ0) is 12.7. The normalized spacial score (nSPS) is 14.1. The van der Waals surface area contributed by atoms with E-state index in [1.165, 1.54) is 6.33 Å². The zero-order valence-electron chi connectivity index (χ0n) is 10.4. The number of hydrogen-bond donors (Lipinski definition) is 2. The van der Waals surface area contributed by atoms with Gasteiger partial charge in [0, 0.05) is 17.4 Å². The third-order valence-electron chi connectivity index (χ3n) is 2.35. The standard InChI is InChI=1S/C11H19N3O2S/c1-4-16-11-5-10(12-7-13-11)14-8(2)9(6-15)17-3/h5,7-9,15H,4,6H2,1-3H3,(H,12,13,14). The fraction of sp³-hybridized carbons (Fsp3) is 0.636. The maximum absolute atomic E-state index is 9.19. The molecule has 0 amide bonds. The highest BCUT2D eigenvalue weighted by atomic mass is 32.2. The van der Waals surface area contributed by atoms with Crippen molar-refractivity contribution in [2.24, 2.45) is 0 Å². The van der Waals surface area contributed by atoms with E-state index in [4.69, 9.17) is 4.74 Å². The summed E-state index contributed by atoms with van der Waals surface area (Å²) in [6, 6.07) is 1.88. The molecule has 1 aromatic rings. The minimum absolute atomic E-state index is 0.124. The molecular formula is C11H19N3O2S. The van der Waals surface area contributed by atoms with E-state index in [0.29, 0.717) is 18.3 Å². The summed E-state index contributed by atoms with van der Waals surface area (Å²) in [5, 5.41) is 12.6.